The van der Waals surface area contributed by atoms with Crippen molar-refractivity contribution in [1.82, 2.24) is 5.32 Å². The van der Waals surface area contributed by atoms with Gasteiger partial charge in [0.1, 0.15) is 0 Å². The lowest BCUT2D eigenvalue weighted by Gasteiger charge is -2.20. The Morgan fingerprint density at radius 2 is 1.91 bits per heavy atom. The summed E-state index contributed by atoms with van der Waals surface area (Å²) in [6.07, 6.45) is -0.542. The normalized spacial score (nSPS) is 13.3. The highest BCUT2D eigenvalue weighted by Gasteiger charge is 2.27. The van der Waals surface area contributed by atoms with Gasteiger partial charge in [-0.15, -0.1) is 0 Å². The largest absolute Gasteiger partial charge is 0.463 e. The predicted octanol–water partition coefficient (Wildman–Crippen LogP) is 1.44. The third-order valence-electron chi connectivity index (χ3n) is 2.98. The Bertz CT molecular complexity index is 586. The average Bonchev–Trinajstić information content (AvgIpc) is 2.45. The van der Waals surface area contributed by atoms with Crippen LogP contribution in [0.5, 0.6) is 0 Å². The molecule has 0 spiro atoms. The molecule has 1 aromatic carbocycles. The molecule has 8 nitrogen and oxygen atoms in total. The summed E-state index contributed by atoms with van der Waals surface area (Å²) in [6, 6.07) is 4.23. The molecule has 0 heterocycles. The average molecular weight is 323 g/mol. The quantitative estimate of drug-likeness (QED) is 0.444. The molecule has 0 aliphatic carbocycles. The molecule has 0 aliphatic heterocycles. The van der Waals surface area contributed by atoms with Crippen molar-refractivity contribution in [2.45, 2.75) is 45.4 Å². The van der Waals surface area contributed by atoms with Crippen LogP contribution in [0.3, 0.4) is 0 Å². The summed E-state index contributed by atoms with van der Waals surface area (Å²) < 4.78 is 5.05. The maximum Gasteiger partial charge on any atom is 0.308 e. The topological polar surface area (TPSA) is 125 Å². The first kappa shape index (κ1) is 18.6. The molecule has 8 heteroatoms. The van der Waals surface area contributed by atoms with Crippen molar-refractivity contribution in [3.63, 3.8) is 0 Å². The summed E-state index contributed by atoms with van der Waals surface area (Å²) in [7, 11) is 0. The molecular weight excluding hydrogens is 302 g/mol. The van der Waals surface area contributed by atoms with Gasteiger partial charge in [0.15, 0.2) is 0 Å². The molecule has 1 amide bonds. The molecule has 0 bridgehead atoms. The van der Waals surface area contributed by atoms with Crippen molar-refractivity contribution in [2.24, 2.45) is 5.73 Å². The number of nitro benzene ring substituents is 1. The second-order valence-corrected chi connectivity index (χ2v) is 5.41. The summed E-state index contributed by atoms with van der Waals surface area (Å²) in [5, 5.41) is 13.7. The molecule has 0 aliphatic rings. The lowest BCUT2D eigenvalue weighted by Crippen LogP contribution is -2.41. The van der Waals surface area contributed by atoms with Gasteiger partial charge in [0, 0.05) is 6.07 Å². The van der Waals surface area contributed by atoms with E-state index in [1.165, 1.54) is 25.1 Å². The maximum atomic E-state index is 11.9. The number of nitrogens with zero attached hydrogens (tertiary/aromatic N) is 1. The van der Waals surface area contributed by atoms with Crippen LogP contribution in [0.2, 0.25) is 0 Å². The van der Waals surface area contributed by atoms with E-state index < -0.39 is 28.9 Å². The summed E-state index contributed by atoms with van der Waals surface area (Å²) in [6.45, 7) is 4.87. The summed E-state index contributed by atoms with van der Waals surface area (Å²) in [5.41, 5.74) is 5.56. The van der Waals surface area contributed by atoms with E-state index in [1.54, 1.807) is 19.9 Å². The van der Waals surface area contributed by atoms with Crippen LogP contribution in [0.4, 0.5) is 5.69 Å². The Hall–Kier alpha value is -2.48. The van der Waals surface area contributed by atoms with Gasteiger partial charge in [-0.05, 0) is 20.8 Å². The molecule has 0 aromatic heterocycles. The lowest BCUT2D eigenvalue weighted by molar-refractivity contribution is -0.385. The number of nitro groups is 1. The number of esters is 1. The van der Waals surface area contributed by atoms with Gasteiger partial charge in [0.2, 0.25) is 5.91 Å². The van der Waals surface area contributed by atoms with E-state index in [1.807, 2.05) is 0 Å². The van der Waals surface area contributed by atoms with E-state index in [-0.39, 0.29) is 23.8 Å². The first-order valence-corrected chi connectivity index (χ1v) is 7.21. The van der Waals surface area contributed by atoms with Crippen LogP contribution in [0, 0.1) is 10.1 Å². The van der Waals surface area contributed by atoms with E-state index >= 15 is 0 Å². The van der Waals surface area contributed by atoms with E-state index in [0.717, 1.165) is 0 Å². The number of carbonyl (C=O) groups is 2. The van der Waals surface area contributed by atoms with Gasteiger partial charge in [-0.2, -0.15) is 0 Å². The highest BCUT2D eigenvalue weighted by Crippen LogP contribution is 2.27. The van der Waals surface area contributed by atoms with Crippen LogP contribution in [0.25, 0.3) is 0 Å². The molecular formula is C15H21N3O5. The standard InChI is InChI=1S/C15H21N3O5/c1-9(2)23-14(19)8-12(17-15(20)10(3)16)11-6-4-5-7-13(11)18(21)22/h4-7,9-10,12H,8,16H2,1-3H3,(H,17,20)/t10-,12?/m0/s1. The molecule has 0 radical (unpaired) electrons. The van der Waals surface area contributed by atoms with Crippen molar-refractivity contribution < 1.29 is 19.2 Å². The van der Waals surface area contributed by atoms with Gasteiger partial charge in [0.05, 0.1) is 35.1 Å². The number of rotatable bonds is 7. The monoisotopic (exact) mass is 323 g/mol. The smallest absolute Gasteiger partial charge is 0.308 e. The Morgan fingerprint density at radius 3 is 2.43 bits per heavy atom. The summed E-state index contributed by atoms with van der Waals surface area (Å²) in [5.74, 6) is -1.07. The number of para-hydroxylation sites is 1. The Kier molecular flexibility index (Phi) is 6.65. The predicted molar refractivity (Wildman–Crippen MR) is 83.5 cm³/mol. The molecule has 2 atom stereocenters. The maximum absolute atomic E-state index is 11.9. The zero-order chi connectivity index (χ0) is 17.6. The van der Waals surface area contributed by atoms with Crippen molar-refractivity contribution in [3.8, 4) is 0 Å². The van der Waals surface area contributed by atoms with E-state index in [9.17, 15) is 19.7 Å². The van der Waals surface area contributed by atoms with Crippen LogP contribution in [0.1, 0.15) is 38.8 Å². The van der Waals surface area contributed by atoms with Gasteiger partial charge in [-0.25, -0.2) is 0 Å². The Balaban J connectivity index is 3.11. The third kappa shape index (κ3) is 5.67. The number of benzene rings is 1. The SMILES string of the molecule is CC(C)OC(=O)CC(NC(=O)[C@H](C)N)c1ccccc1[N+](=O)[O-]. The van der Waals surface area contributed by atoms with Gasteiger partial charge in [-0.3, -0.25) is 19.7 Å². The molecule has 23 heavy (non-hydrogen) atoms. The molecule has 1 aromatic rings. The number of hydrogen-bond donors (Lipinski definition) is 2. The first-order valence-electron chi connectivity index (χ1n) is 7.21. The minimum absolute atomic E-state index is 0.181. The van der Waals surface area contributed by atoms with Crippen LogP contribution in [0.15, 0.2) is 24.3 Å². The molecule has 0 saturated carbocycles. The second kappa shape index (κ2) is 8.23. The van der Waals surface area contributed by atoms with E-state index in [0.29, 0.717) is 0 Å². The van der Waals surface area contributed by atoms with Gasteiger partial charge in [-0.1, -0.05) is 18.2 Å². The Labute approximate surface area is 134 Å². The van der Waals surface area contributed by atoms with Crippen LogP contribution in [-0.2, 0) is 14.3 Å². The first-order chi connectivity index (χ1) is 10.7. The summed E-state index contributed by atoms with van der Waals surface area (Å²) in [4.78, 5) is 34.3. The zero-order valence-electron chi connectivity index (χ0n) is 13.3. The van der Waals surface area contributed by atoms with E-state index in [2.05, 4.69) is 5.32 Å². The van der Waals surface area contributed by atoms with Crippen LogP contribution in [-0.4, -0.2) is 28.9 Å². The van der Waals surface area contributed by atoms with Gasteiger partial charge < -0.3 is 15.8 Å². The molecule has 1 rings (SSSR count). The minimum Gasteiger partial charge on any atom is -0.463 e. The van der Waals surface area contributed by atoms with Crippen LogP contribution >= 0.6 is 0 Å². The minimum atomic E-state index is -0.888. The zero-order valence-corrected chi connectivity index (χ0v) is 13.3. The molecule has 0 fully saturated rings. The Morgan fingerprint density at radius 1 is 1.30 bits per heavy atom. The lowest BCUT2D eigenvalue weighted by atomic mass is 10.0. The fraction of sp³-hybridized carbons (Fsp3) is 0.467. The molecule has 1 unspecified atom stereocenters. The van der Waals surface area contributed by atoms with Gasteiger partial charge in [0.25, 0.3) is 5.69 Å². The summed E-state index contributed by atoms with van der Waals surface area (Å²) >= 11 is 0. The van der Waals surface area contributed by atoms with Gasteiger partial charge >= 0.3 is 5.97 Å². The number of nitrogens with two attached hydrogens (primary N) is 1. The fourth-order valence-corrected chi connectivity index (χ4v) is 1.97. The van der Waals surface area contributed by atoms with Crippen molar-refractivity contribution in [1.29, 1.82) is 0 Å². The molecule has 0 saturated heterocycles. The number of nitrogens with one attached hydrogen (secondary N) is 1. The fourth-order valence-electron chi connectivity index (χ4n) is 1.97. The second-order valence-electron chi connectivity index (χ2n) is 5.41. The molecule has 126 valence electrons. The van der Waals surface area contributed by atoms with Crippen molar-refractivity contribution in [2.75, 3.05) is 0 Å². The number of carbonyl (C=O) groups excluding carboxylic acids is 2. The number of hydrogen-bond acceptors (Lipinski definition) is 6. The number of ether oxygens (including phenoxy) is 1. The third-order valence-corrected chi connectivity index (χ3v) is 2.98. The number of amides is 1. The van der Waals surface area contributed by atoms with Crippen molar-refractivity contribution >= 4 is 17.6 Å². The highest BCUT2D eigenvalue weighted by atomic mass is 16.6. The molecule has 3 N–H and O–H groups in total. The van der Waals surface area contributed by atoms with E-state index in [4.69, 9.17) is 10.5 Å². The van der Waals surface area contributed by atoms with Crippen molar-refractivity contribution in [3.05, 3.63) is 39.9 Å². The highest BCUT2D eigenvalue weighted by molar-refractivity contribution is 5.82. The van der Waals surface area contributed by atoms with Crippen LogP contribution < -0.4 is 11.1 Å².